The van der Waals surface area contributed by atoms with Gasteiger partial charge in [-0.25, -0.2) is 4.79 Å². The third-order valence-electron chi connectivity index (χ3n) is 1.39. The molecule has 0 spiro atoms. The molecule has 1 saturated heterocycles. The third kappa shape index (κ3) is 1.10. The van der Waals surface area contributed by atoms with Gasteiger partial charge in [0.1, 0.15) is 6.54 Å². The second-order valence-electron chi connectivity index (χ2n) is 2.51. The Morgan fingerprint density at radius 1 is 1.50 bits per heavy atom. The first-order valence-corrected chi connectivity index (χ1v) is 3.16. The molecule has 0 unspecified atom stereocenters. The van der Waals surface area contributed by atoms with Gasteiger partial charge in [0.25, 0.3) is 5.91 Å². The predicted octanol–water partition coefficient (Wildman–Crippen LogP) is -0.0386. The Morgan fingerprint density at radius 2 is 2.10 bits per heavy atom. The fourth-order valence-electron chi connectivity index (χ4n) is 0.823. The summed E-state index contributed by atoms with van der Waals surface area (Å²) in [7, 11) is 0. The Hall–Kier alpha value is -1.06. The molecule has 55 valence electrons. The van der Waals surface area contributed by atoms with Crippen LogP contribution >= 0.6 is 0 Å². The molecule has 0 aliphatic carbocycles. The highest BCUT2D eigenvalue weighted by molar-refractivity contribution is 6.01. The molecule has 1 aliphatic rings. The summed E-state index contributed by atoms with van der Waals surface area (Å²) < 4.78 is 0. The summed E-state index contributed by atoms with van der Waals surface area (Å²) in [6, 6.07) is -0.331. The van der Waals surface area contributed by atoms with Crippen LogP contribution in [0.2, 0.25) is 0 Å². The number of hydrogen-bond donors (Lipinski definition) is 0. The molecule has 0 aromatic heterocycles. The second-order valence-corrected chi connectivity index (χ2v) is 2.51. The summed E-state index contributed by atoms with van der Waals surface area (Å²) in [5.74, 6) is -0.335. The van der Waals surface area contributed by atoms with Crippen molar-refractivity contribution >= 4 is 11.9 Å². The van der Waals surface area contributed by atoms with Crippen molar-refractivity contribution in [3.05, 3.63) is 0 Å². The number of imide groups is 1. The maximum atomic E-state index is 10.8. The minimum Gasteiger partial charge on any atom is -0.311 e. The van der Waals surface area contributed by atoms with Crippen LogP contribution in [0.5, 0.6) is 0 Å². The molecule has 0 atom stereocenters. The zero-order valence-corrected chi connectivity index (χ0v) is 6.00. The molecule has 4 heteroatoms. The average molecular weight is 141 g/mol. The van der Waals surface area contributed by atoms with Crippen LogP contribution in [0.15, 0.2) is 0 Å². The van der Waals surface area contributed by atoms with E-state index in [-0.39, 0.29) is 18.5 Å². The van der Waals surface area contributed by atoms with Crippen LogP contribution in [-0.2, 0) is 4.79 Å². The number of amides is 3. The molecule has 0 N–H and O–H groups in total. The van der Waals surface area contributed by atoms with Gasteiger partial charge < -0.3 is 4.90 Å². The van der Waals surface area contributed by atoms with Crippen LogP contribution in [0.1, 0.15) is 13.8 Å². The van der Waals surface area contributed by atoms with Crippen molar-refractivity contribution in [3.8, 4) is 0 Å². The summed E-state index contributed by atoms with van der Waals surface area (Å²) in [5.41, 5.74) is 0. The van der Waals surface area contributed by atoms with Crippen LogP contribution in [0, 0.1) is 0 Å². The lowest BCUT2D eigenvalue weighted by Crippen LogP contribution is -2.32. The van der Waals surface area contributed by atoms with Crippen molar-refractivity contribution in [1.82, 2.24) is 10.2 Å². The number of carbonyl (C=O) groups excluding carboxylic acids is 2. The van der Waals surface area contributed by atoms with Gasteiger partial charge in [-0.15, -0.1) is 0 Å². The highest BCUT2D eigenvalue weighted by atomic mass is 16.2. The number of nitrogens with zero attached hydrogens (tertiary/aromatic N) is 2. The van der Waals surface area contributed by atoms with Gasteiger partial charge in [-0.1, -0.05) is 0 Å². The average Bonchev–Trinajstić information content (AvgIpc) is 2.10. The summed E-state index contributed by atoms with van der Waals surface area (Å²) in [6.07, 6.45) is 0. The summed E-state index contributed by atoms with van der Waals surface area (Å²) in [4.78, 5) is 22.7. The molecule has 0 aromatic rings. The second kappa shape index (κ2) is 2.28. The van der Waals surface area contributed by atoms with Crippen molar-refractivity contribution in [2.24, 2.45) is 0 Å². The number of hydrogen-bond acceptors (Lipinski definition) is 2. The lowest BCUT2D eigenvalue weighted by molar-refractivity contribution is -0.118. The van der Waals surface area contributed by atoms with E-state index < -0.39 is 6.03 Å². The molecule has 0 bridgehead atoms. The Balaban J connectivity index is 2.63. The Morgan fingerprint density at radius 3 is 2.30 bits per heavy atom. The molecule has 10 heavy (non-hydrogen) atoms. The largest absolute Gasteiger partial charge is 0.347 e. The van der Waals surface area contributed by atoms with Crippen molar-refractivity contribution in [1.29, 1.82) is 0 Å². The Labute approximate surface area is 59.2 Å². The topological polar surface area (TPSA) is 51.5 Å². The first-order valence-electron chi connectivity index (χ1n) is 3.16. The van der Waals surface area contributed by atoms with Gasteiger partial charge in [-0.05, 0) is 13.8 Å². The van der Waals surface area contributed by atoms with Crippen LogP contribution in [-0.4, -0.2) is 29.4 Å². The zero-order valence-electron chi connectivity index (χ0n) is 6.00. The zero-order chi connectivity index (χ0) is 7.72. The summed E-state index contributed by atoms with van der Waals surface area (Å²) >= 11 is 0. The molecule has 0 aromatic carbocycles. The molecule has 1 fully saturated rings. The third-order valence-corrected chi connectivity index (χ3v) is 1.39. The van der Waals surface area contributed by atoms with E-state index in [0.717, 1.165) is 0 Å². The first-order chi connectivity index (χ1) is 4.61. The standard InChI is InChI=1S/C6H9N2O2/c1-4(2)8-3-5(9)7-6(8)10/h4H,3H2,1-2H3. The monoisotopic (exact) mass is 141 g/mol. The summed E-state index contributed by atoms with van der Waals surface area (Å²) in [6.45, 7) is 3.86. The van der Waals surface area contributed by atoms with Crippen LogP contribution in [0.4, 0.5) is 4.79 Å². The maximum absolute atomic E-state index is 10.8. The lowest BCUT2D eigenvalue weighted by Gasteiger charge is -2.16. The fraction of sp³-hybridized carbons (Fsp3) is 0.667. The van der Waals surface area contributed by atoms with Crippen LogP contribution in [0.3, 0.4) is 0 Å². The van der Waals surface area contributed by atoms with E-state index in [1.165, 1.54) is 4.90 Å². The van der Waals surface area contributed by atoms with Crippen molar-refractivity contribution in [2.45, 2.75) is 19.9 Å². The van der Waals surface area contributed by atoms with Gasteiger partial charge in [-0.2, -0.15) is 5.32 Å². The van der Waals surface area contributed by atoms with Crippen molar-refractivity contribution in [3.63, 3.8) is 0 Å². The maximum Gasteiger partial charge on any atom is 0.347 e. The molecule has 0 saturated carbocycles. The summed E-state index contributed by atoms with van der Waals surface area (Å²) in [5, 5.41) is 3.24. The SMILES string of the molecule is CC(C)N1CC(=O)[N]C1=O. The molecule has 1 radical (unpaired) electrons. The van der Waals surface area contributed by atoms with E-state index in [0.29, 0.717) is 0 Å². The number of rotatable bonds is 1. The van der Waals surface area contributed by atoms with E-state index in [2.05, 4.69) is 5.32 Å². The van der Waals surface area contributed by atoms with E-state index >= 15 is 0 Å². The normalized spacial score (nSPS) is 18.5. The number of urea groups is 1. The van der Waals surface area contributed by atoms with Gasteiger partial charge in [0.05, 0.1) is 0 Å². The highest BCUT2D eigenvalue weighted by Crippen LogP contribution is 2.04. The molecular weight excluding hydrogens is 132 g/mol. The molecule has 4 nitrogen and oxygen atoms in total. The van der Waals surface area contributed by atoms with E-state index in [9.17, 15) is 9.59 Å². The molecule has 1 heterocycles. The van der Waals surface area contributed by atoms with Crippen LogP contribution < -0.4 is 5.32 Å². The van der Waals surface area contributed by atoms with Gasteiger partial charge in [0.2, 0.25) is 0 Å². The van der Waals surface area contributed by atoms with E-state index in [4.69, 9.17) is 0 Å². The molecule has 3 amide bonds. The highest BCUT2D eigenvalue weighted by Gasteiger charge is 2.30. The lowest BCUT2D eigenvalue weighted by atomic mass is 10.3. The number of carbonyl (C=O) groups is 2. The van der Waals surface area contributed by atoms with Crippen molar-refractivity contribution in [2.75, 3.05) is 6.54 Å². The minimum absolute atomic E-state index is 0.0719. The van der Waals surface area contributed by atoms with Gasteiger partial charge >= 0.3 is 6.03 Å². The van der Waals surface area contributed by atoms with E-state index in [1.54, 1.807) is 0 Å². The van der Waals surface area contributed by atoms with E-state index in [1.807, 2.05) is 13.8 Å². The first kappa shape index (κ1) is 7.05. The quantitative estimate of drug-likeness (QED) is 0.481. The predicted molar refractivity (Wildman–Crippen MR) is 34.4 cm³/mol. The molecule has 1 rings (SSSR count). The van der Waals surface area contributed by atoms with Gasteiger partial charge in [-0.3, -0.25) is 4.79 Å². The smallest absolute Gasteiger partial charge is 0.311 e. The Kier molecular flexibility index (Phi) is 1.61. The molecule has 1 aliphatic heterocycles. The van der Waals surface area contributed by atoms with Gasteiger partial charge in [0, 0.05) is 6.04 Å². The van der Waals surface area contributed by atoms with Gasteiger partial charge in [0.15, 0.2) is 0 Å². The molecular formula is C6H9N2O2. The minimum atomic E-state index is -0.403. The fourth-order valence-corrected chi connectivity index (χ4v) is 0.823. The Bertz CT molecular complexity index is 177. The van der Waals surface area contributed by atoms with Crippen molar-refractivity contribution < 1.29 is 9.59 Å². The van der Waals surface area contributed by atoms with Crippen LogP contribution in [0.25, 0.3) is 0 Å².